The molecule has 1 N–H and O–H groups in total. The molecule has 0 fully saturated rings. The fourth-order valence-corrected chi connectivity index (χ4v) is 4.17. The molecule has 2 aromatic rings. The van der Waals surface area contributed by atoms with E-state index in [2.05, 4.69) is 11.6 Å². The zero-order valence-electron chi connectivity index (χ0n) is 17.7. The molecule has 5 heteroatoms. The van der Waals surface area contributed by atoms with E-state index in [1.165, 1.54) is 0 Å². The second-order valence-corrected chi connectivity index (χ2v) is 8.74. The van der Waals surface area contributed by atoms with Crippen LogP contribution in [0.1, 0.15) is 50.7 Å². The van der Waals surface area contributed by atoms with Crippen molar-refractivity contribution >= 4 is 16.8 Å². The maximum absolute atomic E-state index is 12.8. The lowest BCUT2D eigenvalue weighted by Crippen LogP contribution is -2.40. The molecule has 0 saturated carbocycles. The molecule has 0 aliphatic heterocycles. The topological polar surface area (TPSA) is 55.4 Å². The fourth-order valence-electron chi connectivity index (χ4n) is 3.06. The number of hydrogen-bond donors (Lipinski definition) is 1. The average Bonchev–Trinajstić information content (AvgIpc) is 2.74. The Morgan fingerprint density at radius 3 is 2.45 bits per heavy atom. The van der Waals surface area contributed by atoms with Crippen LogP contribution in [0.5, 0.6) is 0 Å². The predicted octanol–water partition coefficient (Wildman–Crippen LogP) is 4.98. The number of nitrogens with one attached hydrogen (secondary N) is 1. The lowest BCUT2D eigenvalue weighted by atomic mass is 9.93. The molecule has 0 unspecified atom stereocenters. The Hall–Kier alpha value is -1.82. The maximum atomic E-state index is 12.8. The molecule has 3 atom stereocenters. The first-order chi connectivity index (χ1) is 14.0. The van der Waals surface area contributed by atoms with Crippen molar-refractivity contribution in [2.24, 2.45) is 5.92 Å². The van der Waals surface area contributed by atoms with E-state index >= 15 is 0 Å². The lowest BCUT2D eigenvalue weighted by molar-refractivity contribution is -0.123. The molecule has 0 radical (unpaired) electrons. The molecular weight excluding hydrogens is 382 g/mol. The Kier molecular flexibility index (Phi) is 10.3. The first kappa shape index (κ1) is 23.5. The van der Waals surface area contributed by atoms with Crippen LogP contribution in [0, 0.1) is 12.8 Å². The Bertz CT molecular complexity index is 761. The van der Waals surface area contributed by atoms with Crippen molar-refractivity contribution in [1.82, 2.24) is 4.72 Å². The van der Waals surface area contributed by atoms with Gasteiger partial charge >= 0.3 is 0 Å². The molecule has 4 nitrogen and oxygen atoms in total. The minimum Gasteiger partial charge on any atom is -0.377 e. The molecule has 0 aliphatic carbocycles. The molecule has 158 valence electrons. The third-order valence-electron chi connectivity index (χ3n) is 5.07. The number of ketones is 1. The summed E-state index contributed by atoms with van der Waals surface area (Å²) in [7, 11) is -1.36. The molecule has 2 rings (SSSR count). The molecule has 2 aromatic carbocycles. The molecule has 0 saturated heterocycles. The van der Waals surface area contributed by atoms with Crippen LogP contribution in [0.3, 0.4) is 0 Å². The molecule has 0 aromatic heterocycles. The van der Waals surface area contributed by atoms with Crippen molar-refractivity contribution in [1.29, 1.82) is 0 Å². The van der Waals surface area contributed by atoms with E-state index in [9.17, 15) is 9.00 Å². The van der Waals surface area contributed by atoms with Crippen molar-refractivity contribution in [3.05, 3.63) is 65.7 Å². The largest absolute Gasteiger partial charge is 0.377 e. The Balaban J connectivity index is 1.96. The highest BCUT2D eigenvalue weighted by Gasteiger charge is 2.25. The number of unbranched alkanes of at least 4 members (excludes halogenated alkanes) is 1. The third-order valence-corrected chi connectivity index (χ3v) is 6.28. The van der Waals surface area contributed by atoms with Crippen LogP contribution in [0.4, 0.5) is 0 Å². The average molecular weight is 416 g/mol. The zero-order chi connectivity index (χ0) is 21.1. The van der Waals surface area contributed by atoms with Crippen molar-refractivity contribution in [3.8, 4) is 0 Å². The van der Waals surface area contributed by atoms with Crippen LogP contribution in [0.2, 0.25) is 0 Å². The maximum Gasteiger partial charge on any atom is 0.137 e. The van der Waals surface area contributed by atoms with E-state index in [0.717, 1.165) is 28.9 Å². The van der Waals surface area contributed by atoms with E-state index in [-0.39, 0.29) is 17.7 Å². The van der Waals surface area contributed by atoms with Crippen molar-refractivity contribution in [2.75, 3.05) is 6.61 Å². The second-order valence-electron chi connectivity index (χ2n) is 7.49. The highest BCUT2D eigenvalue weighted by Crippen LogP contribution is 2.16. The summed E-state index contributed by atoms with van der Waals surface area (Å²) in [5.41, 5.74) is 2.24. The van der Waals surface area contributed by atoms with Gasteiger partial charge in [-0.05, 0) is 37.5 Å². The van der Waals surface area contributed by atoms with Gasteiger partial charge in [0.15, 0.2) is 0 Å². The number of carbonyl (C=O) groups excluding carboxylic acids is 1. The number of aryl methyl sites for hydroxylation is 1. The first-order valence-electron chi connectivity index (χ1n) is 10.4. The number of benzene rings is 2. The minimum absolute atomic E-state index is 0.197. The van der Waals surface area contributed by atoms with Gasteiger partial charge in [0, 0.05) is 25.0 Å². The van der Waals surface area contributed by atoms with Crippen LogP contribution in [-0.4, -0.2) is 22.6 Å². The van der Waals surface area contributed by atoms with Gasteiger partial charge in [0.05, 0.1) is 11.5 Å². The molecule has 0 amide bonds. The van der Waals surface area contributed by atoms with Gasteiger partial charge in [0.25, 0.3) is 0 Å². The highest BCUT2D eigenvalue weighted by atomic mass is 32.2. The molecule has 29 heavy (non-hydrogen) atoms. The van der Waals surface area contributed by atoms with Crippen LogP contribution in [0.15, 0.2) is 59.5 Å². The fraction of sp³-hybridized carbons (Fsp3) is 0.458. The molecule has 0 bridgehead atoms. The van der Waals surface area contributed by atoms with Crippen LogP contribution >= 0.6 is 0 Å². The molecular formula is C24H33NO3S. The van der Waals surface area contributed by atoms with E-state index in [0.29, 0.717) is 26.1 Å². The molecule has 0 spiro atoms. The lowest BCUT2D eigenvalue weighted by Gasteiger charge is -2.24. The van der Waals surface area contributed by atoms with Crippen LogP contribution < -0.4 is 4.72 Å². The van der Waals surface area contributed by atoms with Gasteiger partial charge in [-0.25, -0.2) is 8.93 Å². The summed E-state index contributed by atoms with van der Waals surface area (Å²) in [5.74, 6) is 0.00425. The highest BCUT2D eigenvalue weighted by molar-refractivity contribution is 7.83. The number of Topliss-reactive ketones (excluding diaryl/α,β-unsaturated/α-hetero) is 1. The normalized spacial score (nSPS) is 14.3. The monoisotopic (exact) mass is 415 g/mol. The van der Waals surface area contributed by atoms with Crippen molar-refractivity contribution < 1.29 is 13.7 Å². The Labute approximate surface area is 177 Å². The summed E-state index contributed by atoms with van der Waals surface area (Å²) in [5, 5.41) is 0. The van der Waals surface area contributed by atoms with Gasteiger partial charge in [-0.15, -0.1) is 0 Å². The quantitative estimate of drug-likeness (QED) is 0.470. The summed E-state index contributed by atoms with van der Waals surface area (Å²) in [6.07, 6.45) is 3.08. The number of ether oxygens (including phenoxy) is 1. The van der Waals surface area contributed by atoms with Gasteiger partial charge in [-0.1, -0.05) is 68.3 Å². The van der Waals surface area contributed by atoms with Crippen molar-refractivity contribution in [3.63, 3.8) is 0 Å². The van der Waals surface area contributed by atoms with Crippen LogP contribution in [0.25, 0.3) is 0 Å². The molecule has 0 heterocycles. The van der Waals surface area contributed by atoms with Gasteiger partial charge in [0.2, 0.25) is 0 Å². The first-order valence-corrected chi connectivity index (χ1v) is 11.5. The van der Waals surface area contributed by atoms with E-state index in [1.807, 2.05) is 68.4 Å². The minimum atomic E-state index is -1.36. The number of hydrogen-bond acceptors (Lipinski definition) is 3. The van der Waals surface area contributed by atoms with Gasteiger partial charge < -0.3 is 4.74 Å². The molecule has 0 aliphatic rings. The van der Waals surface area contributed by atoms with Gasteiger partial charge in [-0.3, -0.25) is 4.79 Å². The van der Waals surface area contributed by atoms with E-state index in [4.69, 9.17) is 4.74 Å². The Morgan fingerprint density at radius 2 is 1.79 bits per heavy atom. The second kappa shape index (κ2) is 12.7. The SMILES string of the molecule is CCCCC(=O)[C@@H](C)[C@H](CCOCc1ccccc1)N[S@@](=O)c1ccc(C)cc1. The van der Waals surface area contributed by atoms with Crippen molar-refractivity contribution in [2.45, 2.75) is 64.0 Å². The smallest absolute Gasteiger partial charge is 0.137 e. The van der Waals surface area contributed by atoms with E-state index in [1.54, 1.807) is 0 Å². The zero-order valence-corrected chi connectivity index (χ0v) is 18.5. The Morgan fingerprint density at radius 1 is 1.10 bits per heavy atom. The van der Waals surface area contributed by atoms with Gasteiger partial charge in [0.1, 0.15) is 16.8 Å². The predicted molar refractivity (Wildman–Crippen MR) is 119 cm³/mol. The summed E-state index contributed by atoms with van der Waals surface area (Å²) in [4.78, 5) is 13.3. The number of carbonyl (C=O) groups is 1. The number of rotatable bonds is 13. The summed E-state index contributed by atoms with van der Waals surface area (Å²) in [6.45, 7) is 7.05. The third kappa shape index (κ3) is 8.21. The summed E-state index contributed by atoms with van der Waals surface area (Å²) in [6, 6.07) is 17.4. The van der Waals surface area contributed by atoms with Gasteiger partial charge in [-0.2, -0.15) is 0 Å². The van der Waals surface area contributed by atoms with E-state index < -0.39 is 11.0 Å². The standard InChI is InChI=1S/C24H33NO3S/c1-4-5-11-24(26)20(3)23(16-17-28-18-21-9-7-6-8-10-21)25-29(27)22-14-12-19(2)13-15-22/h6-10,12-15,20,23,25H,4-5,11,16-18H2,1-3H3/t20-,23-,29-/m0/s1. The van der Waals surface area contributed by atoms with Crippen LogP contribution in [-0.2, 0) is 27.1 Å². The summed E-state index contributed by atoms with van der Waals surface area (Å²) < 4.78 is 21.8. The summed E-state index contributed by atoms with van der Waals surface area (Å²) >= 11 is 0.